The van der Waals surface area contributed by atoms with Crippen LogP contribution in [0.2, 0.25) is 15.1 Å². The van der Waals surface area contributed by atoms with Crippen LogP contribution in [0.5, 0.6) is 0 Å². The van der Waals surface area contributed by atoms with Crippen molar-refractivity contribution in [3.63, 3.8) is 0 Å². The standard InChI is InChI=1S/C12H9Cl3N4O/c13-6-2-8(15)10(3-7(6)14)19-11-1-5(12(17)20)9(16)4-18-11/h1-4H,16H2,(H2,17,20)(H,18,19). The van der Waals surface area contributed by atoms with Gasteiger partial charge >= 0.3 is 0 Å². The van der Waals surface area contributed by atoms with E-state index in [1.807, 2.05) is 0 Å². The highest BCUT2D eigenvalue weighted by Crippen LogP contribution is 2.33. The molecule has 8 heteroatoms. The third-order valence-electron chi connectivity index (χ3n) is 2.47. The van der Waals surface area contributed by atoms with Crippen molar-refractivity contribution in [1.82, 2.24) is 4.98 Å². The topological polar surface area (TPSA) is 94.0 Å². The van der Waals surface area contributed by atoms with Crippen molar-refractivity contribution in [2.45, 2.75) is 0 Å². The molecule has 0 saturated carbocycles. The number of nitrogen functional groups attached to an aromatic ring is 1. The van der Waals surface area contributed by atoms with Crippen LogP contribution in [0.1, 0.15) is 10.4 Å². The number of nitrogens with two attached hydrogens (primary N) is 2. The number of nitrogens with one attached hydrogen (secondary N) is 1. The minimum atomic E-state index is -0.645. The number of rotatable bonds is 3. The van der Waals surface area contributed by atoms with Crippen molar-refractivity contribution in [2.24, 2.45) is 5.73 Å². The molecule has 0 bridgehead atoms. The van der Waals surface area contributed by atoms with Gasteiger partial charge in [-0.25, -0.2) is 4.98 Å². The molecule has 1 aromatic heterocycles. The lowest BCUT2D eigenvalue weighted by atomic mass is 10.2. The number of carbonyl (C=O) groups is 1. The highest BCUT2D eigenvalue weighted by Gasteiger charge is 2.10. The molecule has 0 unspecified atom stereocenters. The van der Waals surface area contributed by atoms with Crippen LogP contribution in [0, 0.1) is 0 Å². The van der Waals surface area contributed by atoms with Gasteiger partial charge in [-0.2, -0.15) is 0 Å². The van der Waals surface area contributed by atoms with Gasteiger partial charge in [-0.1, -0.05) is 34.8 Å². The minimum absolute atomic E-state index is 0.165. The highest BCUT2D eigenvalue weighted by atomic mass is 35.5. The number of pyridine rings is 1. The molecule has 1 heterocycles. The maximum atomic E-state index is 11.2. The molecule has 5 nitrogen and oxygen atoms in total. The fourth-order valence-electron chi connectivity index (χ4n) is 1.50. The molecule has 0 saturated heterocycles. The van der Waals surface area contributed by atoms with Crippen molar-refractivity contribution < 1.29 is 4.79 Å². The number of carbonyl (C=O) groups excluding carboxylic acids is 1. The van der Waals surface area contributed by atoms with E-state index in [9.17, 15) is 4.79 Å². The first-order valence-corrected chi connectivity index (χ1v) is 6.48. The maximum absolute atomic E-state index is 11.2. The van der Waals surface area contributed by atoms with Gasteiger partial charge in [-0.05, 0) is 18.2 Å². The second-order valence-corrected chi connectivity index (χ2v) is 5.11. The molecule has 0 aliphatic heterocycles. The van der Waals surface area contributed by atoms with E-state index in [1.54, 1.807) is 6.07 Å². The van der Waals surface area contributed by atoms with Crippen molar-refractivity contribution in [3.05, 3.63) is 45.0 Å². The lowest BCUT2D eigenvalue weighted by Gasteiger charge is -2.10. The van der Waals surface area contributed by atoms with E-state index in [4.69, 9.17) is 46.3 Å². The van der Waals surface area contributed by atoms with Gasteiger partial charge in [-0.15, -0.1) is 0 Å². The zero-order chi connectivity index (χ0) is 14.9. The maximum Gasteiger partial charge on any atom is 0.250 e. The predicted molar refractivity (Wildman–Crippen MR) is 81.9 cm³/mol. The normalized spacial score (nSPS) is 10.3. The number of hydrogen-bond donors (Lipinski definition) is 3. The smallest absolute Gasteiger partial charge is 0.250 e. The molecule has 0 atom stereocenters. The number of benzene rings is 1. The van der Waals surface area contributed by atoms with Gasteiger partial charge in [0.15, 0.2) is 0 Å². The summed E-state index contributed by atoms with van der Waals surface area (Å²) in [4.78, 5) is 15.2. The summed E-state index contributed by atoms with van der Waals surface area (Å²) in [5.41, 5.74) is 11.7. The van der Waals surface area contributed by atoms with Crippen LogP contribution >= 0.6 is 34.8 Å². The molecule has 0 aliphatic rings. The van der Waals surface area contributed by atoms with Gasteiger partial charge in [0.2, 0.25) is 0 Å². The summed E-state index contributed by atoms with van der Waals surface area (Å²) in [6.45, 7) is 0. The highest BCUT2D eigenvalue weighted by molar-refractivity contribution is 6.44. The van der Waals surface area contributed by atoms with E-state index in [1.165, 1.54) is 18.3 Å². The zero-order valence-corrected chi connectivity index (χ0v) is 12.2. The van der Waals surface area contributed by atoms with E-state index in [0.717, 1.165) is 0 Å². The van der Waals surface area contributed by atoms with Crippen molar-refractivity contribution in [3.8, 4) is 0 Å². The lowest BCUT2D eigenvalue weighted by Crippen LogP contribution is -2.14. The molecule has 0 fully saturated rings. The van der Waals surface area contributed by atoms with E-state index in [2.05, 4.69) is 10.3 Å². The number of halogens is 3. The third-order valence-corrected chi connectivity index (χ3v) is 3.51. The Morgan fingerprint density at radius 3 is 2.40 bits per heavy atom. The Hall–Kier alpha value is -1.69. The van der Waals surface area contributed by atoms with Crippen molar-refractivity contribution >= 4 is 57.9 Å². The molecular weight excluding hydrogens is 323 g/mol. The molecule has 0 spiro atoms. The van der Waals surface area contributed by atoms with Gasteiger partial charge in [-0.3, -0.25) is 4.79 Å². The van der Waals surface area contributed by atoms with Crippen LogP contribution in [-0.4, -0.2) is 10.9 Å². The fraction of sp³-hybridized carbons (Fsp3) is 0. The summed E-state index contributed by atoms with van der Waals surface area (Å²) in [6.07, 6.45) is 1.33. The van der Waals surface area contributed by atoms with Crippen LogP contribution in [0.15, 0.2) is 24.4 Å². The summed E-state index contributed by atoms with van der Waals surface area (Å²) < 4.78 is 0. The van der Waals surface area contributed by atoms with Crippen LogP contribution in [0.25, 0.3) is 0 Å². The predicted octanol–water partition coefficient (Wildman–Crippen LogP) is 3.47. The summed E-state index contributed by atoms with van der Waals surface area (Å²) in [5, 5.41) is 3.95. The Morgan fingerprint density at radius 1 is 1.10 bits per heavy atom. The largest absolute Gasteiger partial charge is 0.397 e. The zero-order valence-electron chi connectivity index (χ0n) is 9.95. The van der Waals surface area contributed by atoms with E-state index >= 15 is 0 Å². The van der Waals surface area contributed by atoms with E-state index in [0.29, 0.717) is 26.6 Å². The van der Waals surface area contributed by atoms with Gasteiger partial charge in [0.1, 0.15) is 5.82 Å². The Kier molecular flexibility index (Phi) is 4.23. The quantitative estimate of drug-likeness (QED) is 0.751. The average Bonchev–Trinajstić information content (AvgIpc) is 2.37. The van der Waals surface area contributed by atoms with Crippen LogP contribution in [0.4, 0.5) is 17.2 Å². The Morgan fingerprint density at radius 2 is 1.75 bits per heavy atom. The second-order valence-electron chi connectivity index (χ2n) is 3.89. The molecule has 1 aromatic carbocycles. The fourth-order valence-corrected chi connectivity index (χ4v) is 2.10. The minimum Gasteiger partial charge on any atom is -0.397 e. The van der Waals surface area contributed by atoms with Crippen molar-refractivity contribution in [2.75, 3.05) is 11.1 Å². The first-order valence-electron chi connectivity index (χ1n) is 5.35. The monoisotopic (exact) mass is 330 g/mol. The van der Waals surface area contributed by atoms with Crippen molar-refractivity contribution in [1.29, 1.82) is 0 Å². The average molecular weight is 332 g/mol. The molecule has 5 N–H and O–H groups in total. The van der Waals surface area contributed by atoms with Gasteiger partial charge in [0.05, 0.1) is 38.2 Å². The van der Waals surface area contributed by atoms with Gasteiger partial charge < -0.3 is 16.8 Å². The van der Waals surface area contributed by atoms with E-state index < -0.39 is 5.91 Å². The molecular formula is C12H9Cl3N4O. The number of nitrogens with zero attached hydrogens (tertiary/aromatic N) is 1. The first kappa shape index (κ1) is 14.7. The van der Waals surface area contributed by atoms with Crippen LogP contribution in [-0.2, 0) is 0 Å². The number of amides is 1. The molecule has 104 valence electrons. The number of aromatic nitrogens is 1. The SMILES string of the molecule is NC(=O)c1cc(Nc2cc(Cl)c(Cl)cc2Cl)ncc1N. The molecule has 0 radical (unpaired) electrons. The first-order chi connectivity index (χ1) is 9.38. The summed E-state index contributed by atoms with van der Waals surface area (Å²) in [5.74, 6) is -0.290. The molecule has 0 aliphatic carbocycles. The molecule has 2 rings (SSSR count). The Balaban J connectivity index is 2.38. The van der Waals surface area contributed by atoms with Crippen LogP contribution < -0.4 is 16.8 Å². The number of primary amides is 1. The molecule has 1 amide bonds. The van der Waals surface area contributed by atoms with Gasteiger partial charge in [0, 0.05) is 0 Å². The Bertz CT molecular complexity index is 691. The summed E-state index contributed by atoms with van der Waals surface area (Å²) in [6, 6.07) is 4.48. The summed E-state index contributed by atoms with van der Waals surface area (Å²) >= 11 is 17.8. The van der Waals surface area contributed by atoms with Gasteiger partial charge in [0.25, 0.3) is 5.91 Å². The van der Waals surface area contributed by atoms with E-state index in [-0.39, 0.29) is 11.3 Å². The molecule has 2 aromatic rings. The second kappa shape index (κ2) is 5.75. The Labute approximate surface area is 129 Å². The third kappa shape index (κ3) is 3.07. The summed E-state index contributed by atoms with van der Waals surface area (Å²) in [7, 11) is 0. The lowest BCUT2D eigenvalue weighted by molar-refractivity contribution is 0.100. The molecule has 20 heavy (non-hydrogen) atoms. The number of hydrogen-bond acceptors (Lipinski definition) is 4. The number of anilines is 3. The van der Waals surface area contributed by atoms with Crippen LogP contribution in [0.3, 0.4) is 0 Å².